The molecule has 2 N–H and O–H groups in total. The topological polar surface area (TPSA) is 78.6 Å². The summed E-state index contributed by atoms with van der Waals surface area (Å²) in [6, 6.07) is 0. The first-order valence-electron chi connectivity index (χ1n) is 9.99. The Morgan fingerprint density at radius 1 is 1.04 bits per heavy atom. The first-order chi connectivity index (χ1) is 11.9. The van der Waals surface area contributed by atoms with Gasteiger partial charge in [0.25, 0.3) is 0 Å². The van der Waals surface area contributed by atoms with Gasteiger partial charge in [-0.2, -0.15) is 0 Å². The summed E-state index contributed by atoms with van der Waals surface area (Å²) in [5, 5.41) is 0. The van der Waals surface area contributed by atoms with E-state index in [0.717, 1.165) is 51.6 Å². The molecule has 5 nitrogen and oxygen atoms in total. The number of hydrogen-bond donors (Lipinski definition) is 1. The monoisotopic (exact) mass is 357 g/mol. The second-order valence-corrected chi connectivity index (χ2v) is 7.48. The van der Waals surface area contributed by atoms with Crippen molar-refractivity contribution < 1.29 is 20.5 Å². The average molecular weight is 358 g/mol. The zero-order chi connectivity index (χ0) is 18.7. The number of hydrogen-bond acceptors (Lipinski definition) is 4. The van der Waals surface area contributed by atoms with Gasteiger partial charge < -0.3 is 15.2 Å². The maximum Gasteiger partial charge on any atom is 0.217 e. The molecule has 0 unspecified atom stereocenters. The fourth-order valence-electron chi connectivity index (χ4n) is 3.26. The lowest BCUT2D eigenvalue weighted by Gasteiger charge is -2.28. The molecule has 2 rings (SSSR count). The molecule has 5 heteroatoms. The molecule has 0 atom stereocenters. The van der Waals surface area contributed by atoms with E-state index in [-0.39, 0.29) is 13.3 Å². The van der Waals surface area contributed by atoms with Gasteiger partial charge in [0.1, 0.15) is 5.78 Å². The maximum atomic E-state index is 11.1. The van der Waals surface area contributed by atoms with Crippen molar-refractivity contribution in [2.24, 2.45) is 17.6 Å². The third-order valence-electron chi connectivity index (χ3n) is 5.02. The van der Waals surface area contributed by atoms with Gasteiger partial charge in [-0.15, -0.1) is 0 Å². The molecule has 2 fully saturated rings. The van der Waals surface area contributed by atoms with E-state index in [1.165, 1.54) is 6.42 Å². The lowest BCUT2D eigenvalue weighted by molar-refractivity contribution is -0.128. The van der Waals surface area contributed by atoms with Crippen molar-refractivity contribution in [3.63, 3.8) is 0 Å². The van der Waals surface area contributed by atoms with Crippen LogP contribution in [0, 0.1) is 11.8 Å². The van der Waals surface area contributed by atoms with E-state index < -0.39 is 0 Å². The molecule has 0 bridgehead atoms. The maximum absolute atomic E-state index is 11.1. The SMILES string of the molecule is CC(C)C(=O)C1CCC1.CCOC1CCC(OCCCC(N)=O)CC1.[HH]. The second kappa shape index (κ2) is 12.4. The van der Waals surface area contributed by atoms with Gasteiger partial charge in [-0.3, -0.25) is 9.59 Å². The number of Topliss-reactive ketones (excluding diaryl/α,β-unsaturated/α-hetero) is 1. The largest absolute Gasteiger partial charge is 0.379 e. The minimum atomic E-state index is -0.247. The number of rotatable bonds is 9. The molecule has 0 spiro atoms. The van der Waals surface area contributed by atoms with E-state index in [9.17, 15) is 9.59 Å². The Balaban J connectivity index is 0.000000532. The number of carbonyl (C=O) groups is 2. The summed E-state index contributed by atoms with van der Waals surface area (Å²) in [4.78, 5) is 21.6. The molecule has 0 radical (unpaired) electrons. The van der Waals surface area contributed by atoms with Gasteiger partial charge in [0.05, 0.1) is 12.2 Å². The van der Waals surface area contributed by atoms with Gasteiger partial charge in [-0.1, -0.05) is 20.3 Å². The van der Waals surface area contributed by atoms with E-state index in [1.54, 1.807) is 0 Å². The van der Waals surface area contributed by atoms with Crippen LogP contribution in [0.4, 0.5) is 0 Å². The second-order valence-electron chi connectivity index (χ2n) is 7.48. The Morgan fingerprint density at radius 2 is 1.60 bits per heavy atom. The summed E-state index contributed by atoms with van der Waals surface area (Å²) in [6.45, 7) is 7.45. The van der Waals surface area contributed by atoms with Crippen LogP contribution >= 0.6 is 0 Å². The molecule has 0 aromatic rings. The normalized spacial score (nSPS) is 23.5. The van der Waals surface area contributed by atoms with Gasteiger partial charge in [0, 0.05) is 32.9 Å². The van der Waals surface area contributed by atoms with Crippen molar-refractivity contribution in [2.75, 3.05) is 13.2 Å². The highest BCUT2D eigenvalue weighted by Crippen LogP contribution is 2.29. The number of ketones is 1. The Morgan fingerprint density at radius 3 is 1.96 bits per heavy atom. The molecule has 1 amide bonds. The van der Waals surface area contributed by atoms with Crippen LogP contribution in [0.15, 0.2) is 0 Å². The zero-order valence-corrected chi connectivity index (χ0v) is 16.3. The smallest absolute Gasteiger partial charge is 0.217 e. The van der Waals surface area contributed by atoms with Crippen molar-refractivity contribution in [3.8, 4) is 0 Å². The fourth-order valence-corrected chi connectivity index (χ4v) is 3.26. The Hall–Kier alpha value is -0.940. The molecule has 0 aromatic heterocycles. The molecule has 148 valence electrons. The number of nitrogens with two attached hydrogens (primary N) is 1. The van der Waals surface area contributed by atoms with Crippen LogP contribution in [0.5, 0.6) is 0 Å². The summed E-state index contributed by atoms with van der Waals surface area (Å²) < 4.78 is 11.3. The van der Waals surface area contributed by atoms with Crippen LogP contribution in [0.25, 0.3) is 0 Å². The fraction of sp³-hybridized carbons (Fsp3) is 0.900. The number of amides is 1. The van der Waals surface area contributed by atoms with Crippen molar-refractivity contribution >= 4 is 11.7 Å². The molecule has 2 saturated carbocycles. The van der Waals surface area contributed by atoms with Crippen molar-refractivity contribution in [3.05, 3.63) is 0 Å². The van der Waals surface area contributed by atoms with Crippen molar-refractivity contribution in [2.45, 2.75) is 90.8 Å². The van der Waals surface area contributed by atoms with E-state index in [2.05, 4.69) is 0 Å². The van der Waals surface area contributed by atoms with E-state index in [0.29, 0.717) is 36.9 Å². The lowest BCUT2D eigenvalue weighted by Crippen LogP contribution is -2.27. The Bertz CT molecular complexity index is 391. The van der Waals surface area contributed by atoms with Gasteiger partial charge in [-0.25, -0.2) is 0 Å². The molecular formula is C20H39NO4. The molecule has 0 saturated heterocycles. The Kier molecular flexibility index (Phi) is 11.0. The molecule has 0 aromatic carbocycles. The van der Waals surface area contributed by atoms with Crippen LogP contribution in [-0.2, 0) is 19.1 Å². The number of primary amides is 1. The van der Waals surface area contributed by atoms with Crippen LogP contribution in [0.2, 0.25) is 0 Å². The third kappa shape index (κ3) is 9.36. The van der Waals surface area contributed by atoms with E-state index in [4.69, 9.17) is 15.2 Å². The van der Waals surface area contributed by atoms with Crippen LogP contribution in [-0.4, -0.2) is 37.1 Å². The van der Waals surface area contributed by atoms with Crippen LogP contribution in [0.1, 0.15) is 80.0 Å². The zero-order valence-electron chi connectivity index (χ0n) is 16.3. The summed E-state index contributed by atoms with van der Waals surface area (Å²) in [5.41, 5.74) is 5.05. The standard InChI is InChI=1S/C12H23NO3.C8H14O.H2/c1-2-15-10-5-7-11(8-6-10)16-9-3-4-12(13)14;1-6(2)8(9)7-4-3-5-7;/h10-11H,2-9H2,1H3,(H2,13,14);6-7H,3-5H2,1-2H3;1H. The van der Waals surface area contributed by atoms with Gasteiger partial charge >= 0.3 is 0 Å². The molecule has 0 aliphatic heterocycles. The molecule has 25 heavy (non-hydrogen) atoms. The predicted molar refractivity (Wildman–Crippen MR) is 101 cm³/mol. The lowest BCUT2D eigenvalue weighted by atomic mass is 9.79. The highest BCUT2D eigenvalue weighted by molar-refractivity contribution is 5.83. The molecule has 2 aliphatic rings. The van der Waals surface area contributed by atoms with Gasteiger partial charge in [0.15, 0.2) is 0 Å². The van der Waals surface area contributed by atoms with E-state index in [1.807, 2.05) is 20.8 Å². The predicted octanol–water partition coefficient (Wildman–Crippen LogP) is 3.87. The number of carbonyl (C=O) groups excluding carboxylic acids is 2. The van der Waals surface area contributed by atoms with Crippen LogP contribution < -0.4 is 5.73 Å². The molecular weight excluding hydrogens is 318 g/mol. The first kappa shape index (κ1) is 22.1. The number of ether oxygens (including phenoxy) is 2. The van der Waals surface area contributed by atoms with E-state index >= 15 is 0 Å². The molecule has 2 aliphatic carbocycles. The van der Waals surface area contributed by atoms with Crippen molar-refractivity contribution in [1.82, 2.24) is 0 Å². The van der Waals surface area contributed by atoms with Gasteiger partial charge in [-0.05, 0) is 51.9 Å². The highest BCUT2D eigenvalue weighted by atomic mass is 16.5. The summed E-state index contributed by atoms with van der Waals surface area (Å²) >= 11 is 0. The minimum absolute atomic E-state index is 0. The summed E-state index contributed by atoms with van der Waals surface area (Å²) in [5.74, 6) is 0.921. The van der Waals surface area contributed by atoms with Gasteiger partial charge in [0.2, 0.25) is 5.91 Å². The first-order valence-corrected chi connectivity index (χ1v) is 9.99. The third-order valence-corrected chi connectivity index (χ3v) is 5.02. The highest BCUT2D eigenvalue weighted by Gasteiger charge is 2.26. The summed E-state index contributed by atoms with van der Waals surface area (Å²) in [7, 11) is 0. The van der Waals surface area contributed by atoms with Crippen molar-refractivity contribution in [1.29, 1.82) is 0 Å². The minimum Gasteiger partial charge on any atom is -0.379 e. The molecule has 0 heterocycles. The quantitative estimate of drug-likeness (QED) is 0.635. The van der Waals surface area contributed by atoms with Crippen LogP contribution in [0.3, 0.4) is 0 Å². The summed E-state index contributed by atoms with van der Waals surface area (Å²) in [6.07, 6.45) is 9.83. The Labute approximate surface area is 154 Å². The average Bonchev–Trinajstić information content (AvgIpc) is 2.52.